The van der Waals surface area contributed by atoms with Crippen molar-refractivity contribution in [2.24, 2.45) is 0 Å². The number of nitrogens with one attached hydrogen (secondary N) is 1. The maximum Gasteiger partial charge on any atom is 0.205 e. The lowest BCUT2D eigenvalue weighted by Crippen LogP contribution is -1.97. The van der Waals surface area contributed by atoms with Gasteiger partial charge >= 0.3 is 0 Å². The second-order valence-corrected chi connectivity index (χ2v) is 3.52. The summed E-state index contributed by atoms with van der Waals surface area (Å²) in [7, 11) is 0. The molecule has 0 atom stereocenters. The molecule has 1 N–H and O–H groups in total. The van der Waals surface area contributed by atoms with Crippen LogP contribution in [0.2, 0.25) is 0 Å². The van der Waals surface area contributed by atoms with Crippen molar-refractivity contribution >= 4 is 38.4 Å². The standard InChI is InChI=1S/C10H6BrN3O/c1-12-6-2-7-8(9(15)3-11)5-14-10(7)13-4-6/h2,4-5H,3H2,(H,13,14). The van der Waals surface area contributed by atoms with Gasteiger partial charge in [-0.1, -0.05) is 15.9 Å². The van der Waals surface area contributed by atoms with Crippen LogP contribution in [0.4, 0.5) is 5.69 Å². The van der Waals surface area contributed by atoms with Gasteiger partial charge in [0, 0.05) is 23.3 Å². The van der Waals surface area contributed by atoms with E-state index in [2.05, 4.69) is 30.7 Å². The lowest BCUT2D eigenvalue weighted by atomic mass is 10.1. The lowest BCUT2D eigenvalue weighted by molar-refractivity contribution is 0.102. The number of fused-ring (bicyclic) bond motifs is 1. The first kappa shape index (κ1) is 9.87. The predicted molar refractivity (Wildman–Crippen MR) is 60.5 cm³/mol. The fourth-order valence-electron chi connectivity index (χ4n) is 1.36. The fourth-order valence-corrected chi connectivity index (χ4v) is 1.66. The maximum absolute atomic E-state index is 11.5. The first-order valence-electron chi connectivity index (χ1n) is 4.20. The molecular weight excluding hydrogens is 258 g/mol. The van der Waals surface area contributed by atoms with Crippen molar-refractivity contribution in [2.75, 3.05) is 5.33 Å². The van der Waals surface area contributed by atoms with Crippen molar-refractivity contribution in [3.63, 3.8) is 0 Å². The molecule has 15 heavy (non-hydrogen) atoms. The van der Waals surface area contributed by atoms with Gasteiger partial charge in [-0.05, 0) is 6.07 Å². The third-order valence-corrected chi connectivity index (χ3v) is 2.58. The van der Waals surface area contributed by atoms with Crippen molar-refractivity contribution in [2.45, 2.75) is 0 Å². The monoisotopic (exact) mass is 263 g/mol. The Morgan fingerprint density at radius 1 is 1.67 bits per heavy atom. The van der Waals surface area contributed by atoms with Gasteiger partial charge in [0.05, 0.1) is 11.9 Å². The highest BCUT2D eigenvalue weighted by molar-refractivity contribution is 9.09. The summed E-state index contributed by atoms with van der Waals surface area (Å²) in [5.74, 6) is -0.0230. The van der Waals surface area contributed by atoms with Crippen LogP contribution in [0.25, 0.3) is 15.9 Å². The Bertz CT molecular complexity index is 568. The van der Waals surface area contributed by atoms with Crippen molar-refractivity contribution in [3.8, 4) is 0 Å². The summed E-state index contributed by atoms with van der Waals surface area (Å²) >= 11 is 3.11. The summed E-state index contributed by atoms with van der Waals surface area (Å²) in [4.78, 5) is 21.7. The number of alkyl halides is 1. The van der Waals surface area contributed by atoms with E-state index in [9.17, 15) is 4.79 Å². The summed E-state index contributed by atoms with van der Waals surface area (Å²) < 4.78 is 0. The zero-order valence-corrected chi connectivity index (χ0v) is 9.21. The van der Waals surface area contributed by atoms with Gasteiger partial charge in [-0.15, -0.1) is 0 Å². The van der Waals surface area contributed by atoms with E-state index in [0.29, 0.717) is 22.3 Å². The number of ketones is 1. The topological polar surface area (TPSA) is 50.1 Å². The molecule has 0 aromatic carbocycles. The smallest absolute Gasteiger partial charge is 0.205 e. The molecule has 2 rings (SSSR count). The number of carbonyl (C=O) groups is 1. The maximum atomic E-state index is 11.5. The highest BCUT2D eigenvalue weighted by Gasteiger charge is 2.11. The Morgan fingerprint density at radius 3 is 3.13 bits per heavy atom. The molecule has 0 aliphatic rings. The number of halogens is 1. The minimum absolute atomic E-state index is 0.0230. The minimum Gasteiger partial charge on any atom is -0.345 e. The predicted octanol–water partition coefficient (Wildman–Crippen LogP) is 2.69. The first-order chi connectivity index (χ1) is 7.26. The van der Waals surface area contributed by atoms with E-state index < -0.39 is 0 Å². The first-order valence-corrected chi connectivity index (χ1v) is 5.32. The summed E-state index contributed by atoms with van der Waals surface area (Å²) in [6.45, 7) is 6.88. The fraction of sp³-hybridized carbons (Fsp3) is 0.100. The van der Waals surface area contributed by atoms with Crippen LogP contribution in [-0.2, 0) is 0 Å². The Balaban J connectivity index is 2.67. The number of Topliss-reactive ketones (excluding diaryl/α,β-unsaturated/α-hetero) is 1. The van der Waals surface area contributed by atoms with Crippen LogP contribution in [-0.4, -0.2) is 21.1 Å². The molecule has 0 saturated carbocycles. The largest absolute Gasteiger partial charge is 0.345 e. The summed E-state index contributed by atoms with van der Waals surface area (Å²) in [6.07, 6.45) is 3.10. The molecule has 74 valence electrons. The molecule has 2 heterocycles. The number of carbonyl (C=O) groups excluding carboxylic acids is 1. The van der Waals surface area contributed by atoms with E-state index in [1.807, 2.05) is 0 Å². The minimum atomic E-state index is -0.0230. The molecule has 0 aliphatic carbocycles. The number of rotatable bonds is 2. The Morgan fingerprint density at radius 2 is 2.47 bits per heavy atom. The molecule has 0 fully saturated rings. The Kier molecular flexibility index (Phi) is 2.52. The van der Waals surface area contributed by atoms with Crippen LogP contribution in [0, 0.1) is 6.57 Å². The average Bonchev–Trinajstić information content (AvgIpc) is 2.70. The van der Waals surface area contributed by atoms with E-state index in [1.54, 1.807) is 12.3 Å². The number of hydrogen-bond donors (Lipinski definition) is 1. The van der Waals surface area contributed by atoms with Gasteiger partial charge in [-0.3, -0.25) is 9.78 Å². The number of H-pyrrole nitrogens is 1. The lowest BCUT2D eigenvalue weighted by Gasteiger charge is -1.94. The van der Waals surface area contributed by atoms with Gasteiger partial charge in [-0.2, -0.15) is 0 Å². The zero-order chi connectivity index (χ0) is 10.8. The van der Waals surface area contributed by atoms with Crippen LogP contribution in [0.5, 0.6) is 0 Å². The highest BCUT2D eigenvalue weighted by Crippen LogP contribution is 2.22. The average molecular weight is 264 g/mol. The molecule has 4 nitrogen and oxygen atoms in total. The second-order valence-electron chi connectivity index (χ2n) is 2.96. The molecule has 0 saturated heterocycles. The zero-order valence-electron chi connectivity index (χ0n) is 7.62. The number of nitrogens with zero attached hydrogens (tertiary/aromatic N) is 2. The number of pyridine rings is 1. The third-order valence-electron chi connectivity index (χ3n) is 2.07. The molecule has 0 aliphatic heterocycles. The number of aromatic nitrogens is 2. The SMILES string of the molecule is [C-]#[N+]c1cnc2[nH]cc(C(=O)CBr)c2c1. The summed E-state index contributed by atoms with van der Waals surface area (Å²) in [6, 6.07) is 1.67. The van der Waals surface area contributed by atoms with Gasteiger partial charge < -0.3 is 4.98 Å². The van der Waals surface area contributed by atoms with Crippen molar-refractivity contribution < 1.29 is 4.79 Å². The van der Waals surface area contributed by atoms with Crippen LogP contribution < -0.4 is 0 Å². The molecule has 5 heteroatoms. The van der Waals surface area contributed by atoms with E-state index in [-0.39, 0.29) is 11.1 Å². The number of aromatic amines is 1. The molecule has 2 aromatic heterocycles. The third kappa shape index (κ3) is 1.64. The summed E-state index contributed by atoms with van der Waals surface area (Å²) in [5.41, 5.74) is 1.64. The molecule has 0 unspecified atom stereocenters. The van der Waals surface area contributed by atoms with E-state index in [4.69, 9.17) is 6.57 Å². The van der Waals surface area contributed by atoms with Crippen molar-refractivity contribution in [1.82, 2.24) is 9.97 Å². The van der Waals surface area contributed by atoms with Crippen LogP contribution in [0.1, 0.15) is 10.4 Å². The summed E-state index contributed by atoms with van der Waals surface area (Å²) in [5, 5.41) is 0.968. The normalized spacial score (nSPS) is 10.1. The molecule has 0 radical (unpaired) electrons. The van der Waals surface area contributed by atoms with E-state index in [1.165, 1.54) is 6.20 Å². The quantitative estimate of drug-likeness (QED) is 0.515. The van der Waals surface area contributed by atoms with E-state index in [0.717, 1.165) is 0 Å². The Hall–Kier alpha value is -1.67. The van der Waals surface area contributed by atoms with E-state index >= 15 is 0 Å². The van der Waals surface area contributed by atoms with Gasteiger partial charge in [0.15, 0.2) is 5.78 Å². The van der Waals surface area contributed by atoms with Crippen molar-refractivity contribution in [1.29, 1.82) is 0 Å². The van der Waals surface area contributed by atoms with Gasteiger partial charge in [0.2, 0.25) is 5.69 Å². The van der Waals surface area contributed by atoms with Gasteiger partial charge in [0.25, 0.3) is 0 Å². The molecule has 0 amide bonds. The molecule has 0 spiro atoms. The Labute approximate surface area is 94.3 Å². The van der Waals surface area contributed by atoms with Crippen LogP contribution in [0.15, 0.2) is 18.5 Å². The molecule has 2 aromatic rings. The molecule has 0 bridgehead atoms. The number of hydrogen-bond acceptors (Lipinski definition) is 2. The van der Waals surface area contributed by atoms with Crippen LogP contribution in [0.3, 0.4) is 0 Å². The van der Waals surface area contributed by atoms with Gasteiger partial charge in [-0.25, -0.2) is 4.85 Å². The highest BCUT2D eigenvalue weighted by atomic mass is 79.9. The van der Waals surface area contributed by atoms with Gasteiger partial charge in [0.1, 0.15) is 5.65 Å². The molecular formula is C10H6BrN3O. The van der Waals surface area contributed by atoms with Crippen molar-refractivity contribution in [3.05, 3.63) is 35.4 Å². The second kappa shape index (κ2) is 3.83. The van der Waals surface area contributed by atoms with Crippen LogP contribution >= 0.6 is 15.9 Å².